The maximum absolute atomic E-state index is 11.0. The monoisotopic (exact) mass is 285 g/mol. The summed E-state index contributed by atoms with van der Waals surface area (Å²) in [5.41, 5.74) is -0.872. The number of alkyl carbamates (subject to hydrolysis) is 1. The van der Waals surface area contributed by atoms with Gasteiger partial charge < -0.3 is 24.6 Å². The number of hydrogen-bond donors (Lipinski definition) is 2. The zero-order valence-corrected chi connectivity index (χ0v) is 12.0. The third-order valence-electron chi connectivity index (χ3n) is 4.27. The van der Waals surface area contributed by atoms with Gasteiger partial charge in [0, 0.05) is 19.6 Å². The van der Waals surface area contributed by atoms with E-state index in [-0.39, 0.29) is 18.8 Å². The number of methoxy groups -OCH3 is 2. The van der Waals surface area contributed by atoms with Gasteiger partial charge in [-0.2, -0.15) is 0 Å². The number of fused-ring (bicyclic) bond motifs is 2. The molecule has 0 spiro atoms. The molecule has 6 nitrogen and oxygen atoms in total. The first kappa shape index (κ1) is 15.3. The molecular weight excluding hydrogens is 262 g/mol. The van der Waals surface area contributed by atoms with Gasteiger partial charge in [-0.3, -0.25) is 0 Å². The van der Waals surface area contributed by atoms with Crippen molar-refractivity contribution in [2.24, 2.45) is 11.8 Å². The fourth-order valence-corrected chi connectivity index (χ4v) is 3.14. The molecule has 2 bridgehead atoms. The number of aliphatic hydroxyl groups is 1. The normalized spacial score (nSPS) is 35.0. The lowest BCUT2D eigenvalue weighted by molar-refractivity contribution is -0.0800. The van der Waals surface area contributed by atoms with Gasteiger partial charge in [-0.1, -0.05) is 12.2 Å². The fourth-order valence-electron chi connectivity index (χ4n) is 3.14. The molecule has 0 aromatic carbocycles. The Morgan fingerprint density at radius 1 is 1.45 bits per heavy atom. The summed E-state index contributed by atoms with van der Waals surface area (Å²) in [5.74, 6) is 0.516. The van der Waals surface area contributed by atoms with E-state index in [0.29, 0.717) is 18.9 Å². The van der Waals surface area contributed by atoms with Crippen molar-refractivity contribution in [3.8, 4) is 0 Å². The SMILES string of the molecule is COCO[C@H]1C[C@@H]2C[C@H]1C=C[C@@]2(O)CCNC(=O)OC. The van der Waals surface area contributed by atoms with Crippen molar-refractivity contribution in [1.82, 2.24) is 5.32 Å². The Balaban J connectivity index is 1.87. The molecule has 114 valence electrons. The number of carbonyl (C=O) groups is 1. The molecule has 2 N–H and O–H groups in total. The van der Waals surface area contributed by atoms with Crippen molar-refractivity contribution >= 4 is 6.09 Å². The molecule has 2 aliphatic carbocycles. The second-order valence-corrected chi connectivity index (χ2v) is 5.46. The van der Waals surface area contributed by atoms with E-state index in [0.717, 1.165) is 12.8 Å². The van der Waals surface area contributed by atoms with Crippen LogP contribution in [0.4, 0.5) is 4.79 Å². The van der Waals surface area contributed by atoms with Crippen LogP contribution in [0.3, 0.4) is 0 Å². The zero-order chi connectivity index (χ0) is 14.6. The Kier molecular flexibility index (Phi) is 5.01. The van der Waals surface area contributed by atoms with E-state index in [2.05, 4.69) is 10.1 Å². The van der Waals surface area contributed by atoms with Gasteiger partial charge in [0.25, 0.3) is 0 Å². The average molecular weight is 285 g/mol. The molecule has 0 heterocycles. The third kappa shape index (κ3) is 3.31. The first-order valence-corrected chi connectivity index (χ1v) is 6.93. The summed E-state index contributed by atoms with van der Waals surface area (Å²) < 4.78 is 15.1. The minimum absolute atomic E-state index is 0.110. The lowest BCUT2D eigenvalue weighted by Gasteiger charge is -2.33. The Labute approximate surface area is 119 Å². The van der Waals surface area contributed by atoms with Gasteiger partial charge >= 0.3 is 6.09 Å². The Bertz CT molecular complexity index is 373. The lowest BCUT2D eigenvalue weighted by Crippen LogP contribution is -2.40. The van der Waals surface area contributed by atoms with Crippen LogP contribution in [0, 0.1) is 11.8 Å². The molecule has 4 atom stereocenters. The van der Waals surface area contributed by atoms with Gasteiger partial charge in [-0.15, -0.1) is 0 Å². The summed E-state index contributed by atoms with van der Waals surface area (Å²) in [6, 6.07) is 0. The molecule has 20 heavy (non-hydrogen) atoms. The van der Waals surface area contributed by atoms with Gasteiger partial charge in [0.2, 0.25) is 0 Å². The maximum atomic E-state index is 11.0. The number of amides is 1. The van der Waals surface area contributed by atoms with Crippen molar-refractivity contribution in [3.63, 3.8) is 0 Å². The first-order valence-electron chi connectivity index (χ1n) is 6.93. The van der Waals surface area contributed by atoms with Crippen LogP contribution in [0.2, 0.25) is 0 Å². The van der Waals surface area contributed by atoms with Crippen LogP contribution in [0.25, 0.3) is 0 Å². The van der Waals surface area contributed by atoms with E-state index in [1.807, 2.05) is 12.2 Å². The Morgan fingerprint density at radius 2 is 2.25 bits per heavy atom. The lowest BCUT2D eigenvalue weighted by atomic mass is 9.79. The highest BCUT2D eigenvalue weighted by atomic mass is 16.7. The minimum atomic E-state index is -0.872. The molecular formula is C14H23NO5. The number of ether oxygens (including phenoxy) is 3. The van der Waals surface area contributed by atoms with E-state index in [9.17, 15) is 9.90 Å². The van der Waals surface area contributed by atoms with Gasteiger partial charge in [0.05, 0.1) is 18.8 Å². The van der Waals surface area contributed by atoms with Crippen LogP contribution in [-0.4, -0.2) is 50.5 Å². The quantitative estimate of drug-likeness (QED) is 0.563. The van der Waals surface area contributed by atoms with Gasteiger partial charge in [0.1, 0.15) is 6.79 Å². The van der Waals surface area contributed by atoms with Crippen LogP contribution < -0.4 is 5.32 Å². The van der Waals surface area contributed by atoms with Gasteiger partial charge in [-0.25, -0.2) is 4.79 Å². The van der Waals surface area contributed by atoms with Crippen LogP contribution in [0.5, 0.6) is 0 Å². The summed E-state index contributed by atoms with van der Waals surface area (Å²) in [6.45, 7) is 0.669. The predicted molar refractivity (Wildman–Crippen MR) is 72.1 cm³/mol. The highest BCUT2D eigenvalue weighted by Crippen LogP contribution is 2.46. The highest BCUT2D eigenvalue weighted by molar-refractivity contribution is 5.66. The molecule has 6 heteroatoms. The van der Waals surface area contributed by atoms with Crippen LogP contribution in [0.1, 0.15) is 19.3 Å². The molecule has 0 aromatic heterocycles. The molecule has 0 radical (unpaired) electrons. The zero-order valence-electron chi connectivity index (χ0n) is 12.0. The van der Waals surface area contributed by atoms with Crippen LogP contribution >= 0.6 is 0 Å². The minimum Gasteiger partial charge on any atom is -0.453 e. The average Bonchev–Trinajstić information content (AvgIpc) is 2.81. The molecule has 0 aromatic rings. The van der Waals surface area contributed by atoms with Crippen molar-refractivity contribution in [2.45, 2.75) is 31.0 Å². The number of carbonyl (C=O) groups excluding carboxylic acids is 1. The topological polar surface area (TPSA) is 77.0 Å². The molecule has 2 rings (SSSR count). The van der Waals surface area contributed by atoms with E-state index in [1.165, 1.54) is 7.11 Å². The number of hydrogen-bond acceptors (Lipinski definition) is 5. The van der Waals surface area contributed by atoms with E-state index in [1.54, 1.807) is 7.11 Å². The predicted octanol–water partition coefficient (Wildman–Crippen LogP) is 1.05. The summed E-state index contributed by atoms with van der Waals surface area (Å²) in [4.78, 5) is 11.0. The first-order chi connectivity index (χ1) is 9.59. The summed E-state index contributed by atoms with van der Waals surface area (Å²) in [7, 11) is 2.93. The Morgan fingerprint density at radius 3 is 2.95 bits per heavy atom. The molecule has 1 amide bonds. The van der Waals surface area contributed by atoms with Crippen molar-refractivity contribution < 1.29 is 24.1 Å². The summed E-state index contributed by atoms with van der Waals surface area (Å²) in [6.07, 6.45) is 5.74. The summed E-state index contributed by atoms with van der Waals surface area (Å²) in [5, 5.41) is 13.3. The van der Waals surface area contributed by atoms with Crippen molar-refractivity contribution in [1.29, 1.82) is 0 Å². The third-order valence-corrected chi connectivity index (χ3v) is 4.27. The molecule has 1 saturated carbocycles. The number of nitrogens with one attached hydrogen (secondary N) is 1. The second kappa shape index (κ2) is 6.56. The van der Waals surface area contributed by atoms with Crippen molar-refractivity contribution in [2.75, 3.05) is 27.6 Å². The van der Waals surface area contributed by atoms with E-state index in [4.69, 9.17) is 9.47 Å². The molecule has 0 unspecified atom stereocenters. The molecule has 0 aliphatic heterocycles. The Hall–Kier alpha value is -1.11. The molecule has 0 saturated heterocycles. The summed E-state index contributed by atoms with van der Waals surface area (Å²) >= 11 is 0. The smallest absolute Gasteiger partial charge is 0.406 e. The van der Waals surface area contributed by atoms with Crippen LogP contribution in [0.15, 0.2) is 12.2 Å². The largest absolute Gasteiger partial charge is 0.453 e. The van der Waals surface area contributed by atoms with Gasteiger partial charge in [-0.05, 0) is 25.2 Å². The molecule has 2 aliphatic rings. The van der Waals surface area contributed by atoms with E-state index < -0.39 is 11.7 Å². The van der Waals surface area contributed by atoms with E-state index >= 15 is 0 Å². The number of rotatable bonds is 6. The van der Waals surface area contributed by atoms with Crippen molar-refractivity contribution in [3.05, 3.63) is 12.2 Å². The second-order valence-electron chi connectivity index (χ2n) is 5.46. The van der Waals surface area contributed by atoms with Crippen LogP contribution in [-0.2, 0) is 14.2 Å². The molecule has 1 fully saturated rings. The standard InChI is InChI=1S/C14H23NO5/c1-18-9-20-12-8-11-7-10(12)3-4-14(11,17)5-6-15-13(16)19-2/h3-4,10-12,17H,5-9H2,1-2H3,(H,15,16)/t10-,11+,12+,14-/m1/s1. The maximum Gasteiger partial charge on any atom is 0.406 e. The van der Waals surface area contributed by atoms with Gasteiger partial charge in [0.15, 0.2) is 0 Å². The fraction of sp³-hybridized carbons (Fsp3) is 0.786. The highest BCUT2D eigenvalue weighted by Gasteiger charge is 2.47.